The van der Waals surface area contributed by atoms with Gasteiger partial charge in [0.05, 0.1) is 7.11 Å². The van der Waals surface area contributed by atoms with E-state index < -0.39 is 5.97 Å². The first-order chi connectivity index (χ1) is 11.3. The lowest BCUT2D eigenvalue weighted by Crippen LogP contribution is -1.95. The van der Waals surface area contributed by atoms with Crippen LogP contribution in [0.1, 0.15) is 36.1 Å². The highest BCUT2D eigenvalue weighted by molar-refractivity contribution is 5.86. The van der Waals surface area contributed by atoms with Crippen LogP contribution in [0.2, 0.25) is 0 Å². The Morgan fingerprint density at radius 3 is 2.29 bits per heavy atom. The molecule has 0 spiro atoms. The summed E-state index contributed by atoms with van der Waals surface area (Å²) in [5, 5.41) is 8.77. The lowest BCUT2D eigenvalue weighted by atomic mass is 9.96. The van der Waals surface area contributed by atoms with Crippen molar-refractivity contribution >= 4 is 12.0 Å². The van der Waals surface area contributed by atoms with E-state index in [1.165, 1.54) is 16.7 Å². The zero-order chi connectivity index (χ0) is 18.3. The number of hydrogen-bond acceptors (Lipinski definition) is 2. The highest BCUT2D eigenvalue weighted by atomic mass is 16.5. The van der Waals surface area contributed by atoms with Crippen LogP contribution in [0.3, 0.4) is 0 Å². The molecule has 0 bridgehead atoms. The van der Waals surface area contributed by atoms with E-state index in [1.807, 2.05) is 19.1 Å². The topological polar surface area (TPSA) is 46.5 Å². The van der Waals surface area contributed by atoms with Crippen LogP contribution >= 0.6 is 0 Å². The van der Waals surface area contributed by atoms with Gasteiger partial charge in [0, 0.05) is 5.57 Å². The average Bonchev–Trinajstić information content (AvgIpc) is 2.54. The van der Waals surface area contributed by atoms with Crippen molar-refractivity contribution in [3.05, 3.63) is 69.8 Å². The van der Waals surface area contributed by atoms with Gasteiger partial charge in [0.1, 0.15) is 5.75 Å². The number of rotatable bonds is 6. The zero-order valence-electron chi connectivity index (χ0n) is 15.3. The van der Waals surface area contributed by atoms with Crippen LogP contribution in [0, 0.1) is 20.8 Å². The third kappa shape index (κ3) is 5.27. The van der Waals surface area contributed by atoms with Crippen molar-refractivity contribution in [3.63, 3.8) is 0 Å². The van der Waals surface area contributed by atoms with Crippen molar-refractivity contribution in [3.8, 4) is 5.75 Å². The summed E-state index contributed by atoms with van der Waals surface area (Å²) in [6.45, 7) is 9.82. The Labute approximate surface area is 144 Å². The molecule has 0 atom stereocenters. The van der Waals surface area contributed by atoms with Crippen molar-refractivity contribution in [2.45, 2.75) is 34.6 Å². The van der Waals surface area contributed by atoms with E-state index in [0.717, 1.165) is 16.9 Å². The quantitative estimate of drug-likeness (QED) is 0.579. The van der Waals surface area contributed by atoms with Gasteiger partial charge >= 0.3 is 5.97 Å². The van der Waals surface area contributed by atoms with E-state index in [2.05, 4.69) is 39.0 Å². The van der Waals surface area contributed by atoms with Crippen LogP contribution in [0.25, 0.3) is 6.08 Å². The second kappa shape index (κ2) is 8.92. The minimum atomic E-state index is -0.902. The van der Waals surface area contributed by atoms with E-state index in [1.54, 1.807) is 26.2 Å². The number of hydrogen-bond donors (Lipinski definition) is 1. The molecule has 3 heteroatoms. The number of methoxy groups -OCH3 is 1. The summed E-state index contributed by atoms with van der Waals surface area (Å²) in [6.07, 6.45) is 11.3. The molecular formula is C21H26O3. The van der Waals surface area contributed by atoms with Gasteiger partial charge in [0.2, 0.25) is 0 Å². The Bertz CT molecular complexity index is 732. The molecule has 1 aromatic rings. The molecule has 3 nitrogen and oxygen atoms in total. The van der Waals surface area contributed by atoms with Crippen molar-refractivity contribution in [1.29, 1.82) is 0 Å². The minimum Gasteiger partial charge on any atom is -0.496 e. The van der Waals surface area contributed by atoms with Crippen molar-refractivity contribution < 1.29 is 14.6 Å². The van der Waals surface area contributed by atoms with Crippen LogP contribution in [0.5, 0.6) is 5.75 Å². The van der Waals surface area contributed by atoms with Gasteiger partial charge in [0.25, 0.3) is 0 Å². The fourth-order valence-electron chi connectivity index (χ4n) is 2.28. The molecule has 0 heterocycles. The second-order valence-corrected chi connectivity index (χ2v) is 5.84. The summed E-state index contributed by atoms with van der Waals surface area (Å²) in [7, 11) is 1.69. The lowest BCUT2D eigenvalue weighted by molar-refractivity contribution is -0.132. The Balaban J connectivity index is 2.95. The molecule has 128 valence electrons. The fraction of sp³-hybridized carbons (Fsp3) is 0.286. The molecule has 0 aliphatic rings. The monoisotopic (exact) mass is 326 g/mol. The Hall–Kier alpha value is -2.55. The summed E-state index contributed by atoms with van der Waals surface area (Å²) in [6, 6.07) is 2.06. The molecule has 24 heavy (non-hydrogen) atoms. The molecule has 0 unspecified atom stereocenters. The molecule has 1 rings (SSSR count). The van der Waals surface area contributed by atoms with Crippen molar-refractivity contribution in [1.82, 2.24) is 0 Å². The van der Waals surface area contributed by atoms with Crippen LogP contribution in [0.15, 0.2) is 47.6 Å². The smallest absolute Gasteiger partial charge is 0.331 e. The number of allylic oxidation sites excluding steroid dienone is 6. The van der Waals surface area contributed by atoms with E-state index in [4.69, 9.17) is 9.84 Å². The van der Waals surface area contributed by atoms with Gasteiger partial charge in [-0.15, -0.1) is 0 Å². The Morgan fingerprint density at radius 1 is 1.08 bits per heavy atom. The summed E-state index contributed by atoms with van der Waals surface area (Å²) < 4.78 is 5.40. The summed E-state index contributed by atoms with van der Waals surface area (Å²) in [5.41, 5.74) is 6.14. The van der Waals surface area contributed by atoms with Crippen LogP contribution in [-0.2, 0) is 4.79 Å². The van der Waals surface area contributed by atoms with Gasteiger partial charge in [-0.2, -0.15) is 0 Å². The summed E-state index contributed by atoms with van der Waals surface area (Å²) in [5.74, 6) is 0.0130. The molecule has 1 N–H and O–H groups in total. The van der Waals surface area contributed by atoms with Gasteiger partial charge in [0.15, 0.2) is 0 Å². The molecule has 1 aromatic carbocycles. The predicted octanol–water partition coefficient (Wildman–Crippen LogP) is 5.17. The second-order valence-electron chi connectivity index (χ2n) is 5.84. The molecule has 0 saturated carbocycles. The maximum absolute atomic E-state index is 10.7. The minimum absolute atomic E-state index is 0.313. The first-order valence-corrected chi connectivity index (χ1v) is 7.86. The number of aryl methyl sites for hydroxylation is 1. The standard InChI is InChI=1S/C21H26O3/c1-14(9-7-8-10-15(2)21(22)23)11-12-19-16(3)13-20(24-6)18(5)17(19)4/h7-13H,1-6H3,(H,22,23). The molecule has 0 saturated heterocycles. The maximum Gasteiger partial charge on any atom is 0.331 e. The molecule has 0 radical (unpaired) electrons. The van der Waals surface area contributed by atoms with Crippen LogP contribution in [0.4, 0.5) is 0 Å². The van der Waals surface area contributed by atoms with Gasteiger partial charge in [-0.25, -0.2) is 4.79 Å². The average molecular weight is 326 g/mol. The first kappa shape index (κ1) is 19.5. The molecule has 0 aromatic heterocycles. The van der Waals surface area contributed by atoms with Gasteiger partial charge in [-0.1, -0.05) is 42.0 Å². The Kier molecular flexibility index (Phi) is 7.25. The molecule has 0 aliphatic heterocycles. The number of ether oxygens (including phenoxy) is 1. The molecule has 0 amide bonds. The van der Waals surface area contributed by atoms with Gasteiger partial charge in [-0.05, 0) is 62.9 Å². The first-order valence-electron chi connectivity index (χ1n) is 7.86. The predicted molar refractivity (Wildman–Crippen MR) is 101 cm³/mol. The highest BCUT2D eigenvalue weighted by Gasteiger charge is 2.08. The van der Waals surface area contributed by atoms with Gasteiger partial charge in [-0.3, -0.25) is 0 Å². The lowest BCUT2D eigenvalue weighted by Gasteiger charge is -2.13. The van der Waals surface area contributed by atoms with Crippen molar-refractivity contribution in [2.24, 2.45) is 0 Å². The summed E-state index contributed by atoms with van der Waals surface area (Å²) in [4.78, 5) is 10.7. The van der Waals surface area contributed by atoms with E-state index in [0.29, 0.717) is 5.57 Å². The van der Waals surface area contributed by atoms with Gasteiger partial charge < -0.3 is 9.84 Å². The van der Waals surface area contributed by atoms with Crippen molar-refractivity contribution in [2.75, 3.05) is 7.11 Å². The number of carboxylic acids is 1. The number of aliphatic carboxylic acids is 1. The normalized spacial score (nSPS) is 13.1. The van der Waals surface area contributed by atoms with E-state index in [-0.39, 0.29) is 0 Å². The summed E-state index contributed by atoms with van der Waals surface area (Å²) >= 11 is 0. The molecular weight excluding hydrogens is 300 g/mol. The van der Waals surface area contributed by atoms with E-state index in [9.17, 15) is 4.79 Å². The largest absolute Gasteiger partial charge is 0.496 e. The van der Waals surface area contributed by atoms with Crippen LogP contribution < -0.4 is 4.74 Å². The fourth-order valence-corrected chi connectivity index (χ4v) is 2.28. The maximum atomic E-state index is 10.7. The highest BCUT2D eigenvalue weighted by Crippen LogP contribution is 2.28. The number of benzene rings is 1. The Morgan fingerprint density at radius 2 is 1.71 bits per heavy atom. The third-order valence-corrected chi connectivity index (χ3v) is 4.00. The van der Waals surface area contributed by atoms with E-state index >= 15 is 0 Å². The molecule has 0 fully saturated rings. The number of carbonyl (C=O) groups is 1. The van der Waals surface area contributed by atoms with Crippen LogP contribution in [-0.4, -0.2) is 18.2 Å². The number of carboxylic acid groups (broad SMARTS) is 1. The zero-order valence-corrected chi connectivity index (χ0v) is 15.3. The molecule has 0 aliphatic carbocycles. The third-order valence-electron chi connectivity index (χ3n) is 4.00. The SMILES string of the molecule is COc1cc(C)c(C=CC(C)=CC=CC=C(C)C(=O)O)c(C)c1C.